The van der Waals surface area contributed by atoms with Gasteiger partial charge >= 0.3 is 0 Å². The standard InChI is InChI=1S/C18H20O3/c1-13-17(11-12-20-13)18(19)14-7-9-16(10-8-14)21-15-5-3-2-4-6-15/h2-10,13,17-19H,11-12H2,1H3. The van der Waals surface area contributed by atoms with Crippen molar-refractivity contribution >= 4 is 0 Å². The van der Waals surface area contributed by atoms with Gasteiger partial charge in [0.15, 0.2) is 0 Å². The number of aliphatic hydroxyl groups is 1. The molecule has 1 N–H and O–H groups in total. The Hall–Kier alpha value is -1.84. The van der Waals surface area contributed by atoms with Crippen molar-refractivity contribution in [3.8, 4) is 11.5 Å². The second-order valence-electron chi connectivity index (χ2n) is 5.46. The van der Waals surface area contributed by atoms with Gasteiger partial charge in [-0.15, -0.1) is 0 Å². The Morgan fingerprint density at radius 3 is 2.33 bits per heavy atom. The Balaban J connectivity index is 1.69. The van der Waals surface area contributed by atoms with Crippen LogP contribution in [-0.4, -0.2) is 17.8 Å². The zero-order chi connectivity index (χ0) is 14.7. The molecule has 3 rings (SSSR count). The summed E-state index contributed by atoms with van der Waals surface area (Å²) in [6, 6.07) is 17.3. The quantitative estimate of drug-likeness (QED) is 0.924. The smallest absolute Gasteiger partial charge is 0.127 e. The van der Waals surface area contributed by atoms with Crippen LogP contribution in [0, 0.1) is 5.92 Å². The molecule has 0 aromatic heterocycles. The Kier molecular flexibility index (Phi) is 4.23. The summed E-state index contributed by atoms with van der Waals surface area (Å²) in [5.74, 6) is 1.75. The van der Waals surface area contributed by atoms with Gasteiger partial charge in [-0.2, -0.15) is 0 Å². The highest BCUT2D eigenvalue weighted by molar-refractivity contribution is 5.33. The minimum absolute atomic E-state index is 0.111. The van der Waals surface area contributed by atoms with Crippen molar-refractivity contribution < 1.29 is 14.6 Å². The highest BCUT2D eigenvalue weighted by Crippen LogP contribution is 2.34. The van der Waals surface area contributed by atoms with Crippen LogP contribution in [0.2, 0.25) is 0 Å². The predicted octanol–water partition coefficient (Wildman–Crippen LogP) is 3.94. The monoisotopic (exact) mass is 284 g/mol. The van der Waals surface area contributed by atoms with Gasteiger partial charge in [0.05, 0.1) is 12.2 Å². The van der Waals surface area contributed by atoms with E-state index in [9.17, 15) is 5.11 Å². The molecule has 0 radical (unpaired) electrons. The fourth-order valence-electron chi connectivity index (χ4n) is 2.77. The zero-order valence-corrected chi connectivity index (χ0v) is 12.1. The summed E-state index contributed by atoms with van der Waals surface area (Å²) in [5.41, 5.74) is 0.915. The fourth-order valence-corrected chi connectivity index (χ4v) is 2.77. The van der Waals surface area contributed by atoms with E-state index in [0.29, 0.717) is 0 Å². The molecule has 110 valence electrons. The third-order valence-electron chi connectivity index (χ3n) is 4.04. The molecule has 3 unspecified atom stereocenters. The van der Waals surface area contributed by atoms with E-state index in [0.717, 1.165) is 30.1 Å². The van der Waals surface area contributed by atoms with Crippen LogP contribution in [0.3, 0.4) is 0 Å². The molecule has 3 nitrogen and oxygen atoms in total. The van der Waals surface area contributed by atoms with Gasteiger partial charge in [0.25, 0.3) is 0 Å². The maximum absolute atomic E-state index is 10.5. The number of benzene rings is 2. The number of hydrogen-bond donors (Lipinski definition) is 1. The van der Waals surface area contributed by atoms with Gasteiger partial charge in [0.2, 0.25) is 0 Å². The molecule has 0 aliphatic carbocycles. The summed E-state index contributed by atoms with van der Waals surface area (Å²) < 4.78 is 11.3. The highest BCUT2D eigenvalue weighted by Gasteiger charge is 2.31. The first kappa shape index (κ1) is 14.1. The number of aliphatic hydroxyl groups excluding tert-OH is 1. The largest absolute Gasteiger partial charge is 0.457 e. The van der Waals surface area contributed by atoms with Gasteiger partial charge in [0, 0.05) is 12.5 Å². The molecular formula is C18H20O3. The Labute approximate surface area is 125 Å². The topological polar surface area (TPSA) is 38.7 Å². The van der Waals surface area contributed by atoms with Crippen molar-refractivity contribution in [3.05, 3.63) is 60.2 Å². The first-order valence-electron chi connectivity index (χ1n) is 7.36. The van der Waals surface area contributed by atoms with Crippen molar-refractivity contribution in [3.63, 3.8) is 0 Å². The summed E-state index contributed by atoms with van der Waals surface area (Å²) in [6.07, 6.45) is 0.540. The summed E-state index contributed by atoms with van der Waals surface area (Å²) in [4.78, 5) is 0. The zero-order valence-electron chi connectivity index (χ0n) is 12.1. The van der Waals surface area contributed by atoms with Crippen molar-refractivity contribution in [1.29, 1.82) is 0 Å². The third-order valence-corrected chi connectivity index (χ3v) is 4.04. The van der Waals surface area contributed by atoms with Crippen molar-refractivity contribution in [2.75, 3.05) is 6.61 Å². The number of ether oxygens (including phenoxy) is 2. The fraction of sp³-hybridized carbons (Fsp3) is 0.333. The maximum atomic E-state index is 10.5. The first-order valence-corrected chi connectivity index (χ1v) is 7.36. The van der Waals surface area contributed by atoms with Crippen molar-refractivity contribution in [1.82, 2.24) is 0 Å². The molecule has 3 heteroatoms. The molecule has 0 saturated carbocycles. The summed E-state index contributed by atoms with van der Waals surface area (Å²) in [7, 11) is 0. The lowest BCUT2D eigenvalue weighted by molar-refractivity contribution is 0.0431. The first-order chi connectivity index (χ1) is 10.2. The van der Waals surface area contributed by atoms with E-state index in [1.165, 1.54) is 0 Å². The maximum Gasteiger partial charge on any atom is 0.127 e. The van der Waals surface area contributed by atoms with E-state index in [-0.39, 0.29) is 12.0 Å². The van der Waals surface area contributed by atoms with Crippen LogP contribution in [0.1, 0.15) is 25.0 Å². The molecule has 1 aliphatic rings. The van der Waals surface area contributed by atoms with Crippen LogP contribution in [-0.2, 0) is 4.74 Å². The number of rotatable bonds is 4. The lowest BCUT2D eigenvalue weighted by Crippen LogP contribution is -2.19. The van der Waals surface area contributed by atoms with Crippen LogP contribution in [0.5, 0.6) is 11.5 Å². The Morgan fingerprint density at radius 2 is 1.71 bits per heavy atom. The normalized spacial score (nSPS) is 23.0. The van der Waals surface area contributed by atoms with Gasteiger partial charge in [-0.05, 0) is 43.2 Å². The molecule has 0 bridgehead atoms. The molecule has 1 saturated heterocycles. The molecule has 21 heavy (non-hydrogen) atoms. The van der Waals surface area contributed by atoms with Crippen LogP contribution < -0.4 is 4.74 Å². The lowest BCUT2D eigenvalue weighted by Gasteiger charge is -2.21. The van der Waals surface area contributed by atoms with Gasteiger partial charge in [-0.1, -0.05) is 30.3 Å². The molecule has 1 fully saturated rings. The number of hydrogen-bond acceptors (Lipinski definition) is 3. The van der Waals surface area contributed by atoms with Crippen LogP contribution >= 0.6 is 0 Å². The predicted molar refractivity (Wildman–Crippen MR) is 81.4 cm³/mol. The Morgan fingerprint density at radius 1 is 1.05 bits per heavy atom. The molecular weight excluding hydrogens is 264 g/mol. The lowest BCUT2D eigenvalue weighted by atomic mass is 9.91. The molecule has 1 heterocycles. The summed E-state index contributed by atoms with van der Waals surface area (Å²) in [5, 5.41) is 10.5. The van der Waals surface area contributed by atoms with Crippen molar-refractivity contribution in [2.24, 2.45) is 5.92 Å². The molecule has 0 amide bonds. The van der Waals surface area contributed by atoms with E-state index in [1.807, 2.05) is 61.5 Å². The average molecular weight is 284 g/mol. The SMILES string of the molecule is CC1OCCC1C(O)c1ccc(Oc2ccccc2)cc1. The molecule has 2 aromatic carbocycles. The Bertz CT molecular complexity index is 565. The van der Waals surface area contributed by atoms with Crippen LogP contribution in [0.15, 0.2) is 54.6 Å². The van der Waals surface area contributed by atoms with Gasteiger partial charge < -0.3 is 14.6 Å². The van der Waals surface area contributed by atoms with E-state index in [1.54, 1.807) is 0 Å². The van der Waals surface area contributed by atoms with Crippen LogP contribution in [0.25, 0.3) is 0 Å². The van der Waals surface area contributed by atoms with E-state index in [4.69, 9.17) is 9.47 Å². The molecule has 3 atom stereocenters. The van der Waals surface area contributed by atoms with E-state index < -0.39 is 6.10 Å². The second-order valence-corrected chi connectivity index (χ2v) is 5.46. The van der Waals surface area contributed by atoms with Gasteiger partial charge in [-0.25, -0.2) is 0 Å². The van der Waals surface area contributed by atoms with Crippen LogP contribution in [0.4, 0.5) is 0 Å². The molecule has 1 aliphatic heterocycles. The molecule has 2 aromatic rings. The minimum Gasteiger partial charge on any atom is -0.457 e. The van der Waals surface area contributed by atoms with E-state index >= 15 is 0 Å². The van der Waals surface area contributed by atoms with Crippen molar-refractivity contribution in [2.45, 2.75) is 25.6 Å². The molecule has 0 spiro atoms. The third kappa shape index (κ3) is 3.26. The van der Waals surface area contributed by atoms with Gasteiger partial charge in [0.1, 0.15) is 11.5 Å². The number of para-hydroxylation sites is 1. The highest BCUT2D eigenvalue weighted by atomic mass is 16.5. The average Bonchev–Trinajstić information content (AvgIpc) is 2.94. The minimum atomic E-state index is -0.478. The summed E-state index contributed by atoms with van der Waals surface area (Å²) in [6.45, 7) is 2.76. The van der Waals surface area contributed by atoms with Gasteiger partial charge in [-0.3, -0.25) is 0 Å². The summed E-state index contributed by atoms with van der Waals surface area (Å²) >= 11 is 0. The van der Waals surface area contributed by atoms with E-state index in [2.05, 4.69) is 0 Å². The second kappa shape index (κ2) is 6.29.